The Morgan fingerprint density at radius 2 is 1.74 bits per heavy atom. The quantitative estimate of drug-likeness (QED) is 0.791. The highest BCUT2D eigenvalue weighted by Crippen LogP contribution is 2.12. The van der Waals surface area contributed by atoms with E-state index < -0.39 is 0 Å². The first-order valence-electron chi connectivity index (χ1n) is 7.93. The molecule has 0 unspecified atom stereocenters. The lowest BCUT2D eigenvalue weighted by Gasteiger charge is -2.35. The average molecular weight is 311 g/mol. The van der Waals surface area contributed by atoms with E-state index in [0.717, 1.165) is 38.5 Å². The minimum atomic E-state index is -0.252. The maximum absolute atomic E-state index is 11.9. The van der Waals surface area contributed by atoms with E-state index in [4.69, 9.17) is 4.74 Å². The maximum Gasteiger partial charge on any atom is 0.338 e. The predicted octanol–water partition coefficient (Wildman–Crippen LogP) is 2.06. The van der Waals surface area contributed by atoms with Gasteiger partial charge in [0.2, 0.25) is 0 Å². The van der Waals surface area contributed by atoms with E-state index >= 15 is 0 Å². The molecule has 120 valence electrons. The Bertz CT molecular complexity index is 611. The number of hydrogen-bond donors (Lipinski definition) is 0. The Labute approximate surface area is 136 Å². The second kappa shape index (κ2) is 7.74. The van der Waals surface area contributed by atoms with Crippen LogP contribution in [0.4, 0.5) is 5.82 Å². The molecule has 0 spiro atoms. The van der Waals surface area contributed by atoms with Gasteiger partial charge in [0.15, 0.2) is 0 Å². The number of piperazine rings is 1. The fraction of sp³-hybridized carbons (Fsp3) is 0.333. The Balaban J connectivity index is 1.39. The van der Waals surface area contributed by atoms with Gasteiger partial charge in [0, 0.05) is 38.9 Å². The molecule has 5 heteroatoms. The van der Waals surface area contributed by atoms with Gasteiger partial charge in [-0.05, 0) is 24.3 Å². The van der Waals surface area contributed by atoms with Gasteiger partial charge in [0.05, 0.1) is 5.56 Å². The molecule has 3 rings (SSSR count). The Kier molecular flexibility index (Phi) is 5.21. The van der Waals surface area contributed by atoms with Gasteiger partial charge in [-0.2, -0.15) is 0 Å². The molecule has 5 nitrogen and oxygen atoms in total. The zero-order valence-corrected chi connectivity index (χ0v) is 13.1. The Hall–Kier alpha value is -2.40. The van der Waals surface area contributed by atoms with Crippen LogP contribution in [0.2, 0.25) is 0 Å². The third-order valence-electron chi connectivity index (χ3n) is 4.00. The van der Waals surface area contributed by atoms with Gasteiger partial charge in [0.25, 0.3) is 0 Å². The molecule has 1 aliphatic rings. The summed E-state index contributed by atoms with van der Waals surface area (Å²) in [5, 5.41) is 0. The zero-order chi connectivity index (χ0) is 15.9. The van der Waals surface area contributed by atoms with E-state index in [1.165, 1.54) is 0 Å². The number of carbonyl (C=O) groups is 1. The monoisotopic (exact) mass is 311 g/mol. The molecule has 23 heavy (non-hydrogen) atoms. The minimum Gasteiger partial charge on any atom is -0.461 e. The van der Waals surface area contributed by atoms with Crippen LogP contribution in [-0.2, 0) is 4.74 Å². The number of aromatic nitrogens is 1. The normalized spacial score (nSPS) is 15.4. The fourth-order valence-electron chi connectivity index (χ4n) is 2.67. The third-order valence-corrected chi connectivity index (χ3v) is 4.00. The van der Waals surface area contributed by atoms with E-state index in [-0.39, 0.29) is 5.97 Å². The van der Waals surface area contributed by atoms with Gasteiger partial charge in [-0.1, -0.05) is 24.3 Å². The Morgan fingerprint density at radius 1 is 1.00 bits per heavy atom. The fourth-order valence-corrected chi connectivity index (χ4v) is 2.67. The summed E-state index contributed by atoms with van der Waals surface area (Å²) in [6.45, 7) is 5.01. The van der Waals surface area contributed by atoms with Crippen molar-refractivity contribution in [2.45, 2.75) is 0 Å². The lowest BCUT2D eigenvalue weighted by molar-refractivity contribution is 0.0459. The molecular formula is C18H21N3O2. The molecule has 0 atom stereocenters. The summed E-state index contributed by atoms with van der Waals surface area (Å²) >= 11 is 0. The van der Waals surface area contributed by atoms with Crippen molar-refractivity contribution in [2.75, 3.05) is 44.2 Å². The number of pyridine rings is 1. The van der Waals surface area contributed by atoms with Crippen molar-refractivity contribution in [1.29, 1.82) is 0 Å². The summed E-state index contributed by atoms with van der Waals surface area (Å²) in [6, 6.07) is 15.1. The van der Waals surface area contributed by atoms with Crippen molar-refractivity contribution in [2.24, 2.45) is 0 Å². The van der Waals surface area contributed by atoms with Crippen LogP contribution >= 0.6 is 0 Å². The summed E-state index contributed by atoms with van der Waals surface area (Å²) < 4.78 is 5.34. The predicted molar refractivity (Wildman–Crippen MR) is 89.6 cm³/mol. The molecule has 1 fully saturated rings. The van der Waals surface area contributed by atoms with Crippen LogP contribution in [0, 0.1) is 0 Å². The standard InChI is InChI=1S/C18H21N3O2/c22-18(16-6-2-1-3-7-16)23-15-14-20-10-12-21(13-11-20)17-8-4-5-9-19-17/h1-9H,10-15H2. The zero-order valence-electron chi connectivity index (χ0n) is 13.1. The molecule has 1 saturated heterocycles. The number of carbonyl (C=O) groups excluding carboxylic acids is 1. The van der Waals surface area contributed by atoms with E-state index in [1.54, 1.807) is 12.1 Å². The van der Waals surface area contributed by atoms with Crippen LogP contribution in [0.25, 0.3) is 0 Å². The number of benzene rings is 1. The minimum absolute atomic E-state index is 0.252. The van der Waals surface area contributed by atoms with Crippen molar-refractivity contribution < 1.29 is 9.53 Å². The first-order valence-corrected chi connectivity index (χ1v) is 7.93. The van der Waals surface area contributed by atoms with Crippen molar-refractivity contribution in [3.8, 4) is 0 Å². The summed E-state index contributed by atoms with van der Waals surface area (Å²) in [4.78, 5) is 20.9. The highest BCUT2D eigenvalue weighted by Gasteiger charge is 2.18. The number of rotatable bonds is 5. The lowest BCUT2D eigenvalue weighted by Crippen LogP contribution is -2.47. The van der Waals surface area contributed by atoms with Crippen LogP contribution < -0.4 is 4.90 Å². The molecule has 0 saturated carbocycles. The molecule has 1 aliphatic heterocycles. The van der Waals surface area contributed by atoms with Crippen molar-refractivity contribution in [3.63, 3.8) is 0 Å². The molecule has 0 aliphatic carbocycles. The summed E-state index contributed by atoms with van der Waals surface area (Å²) in [5.41, 5.74) is 0.604. The van der Waals surface area contributed by atoms with Crippen molar-refractivity contribution in [1.82, 2.24) is 9.88 Å². The Morgan fingerprint density at radius 3 is 2.43 bits per heavy atom. The van der Waals surface area contributed by atoms with Crippen LogP contribution in [-0.4, -0.2) is 55.2 Å². The molecule has 2 heterocycles. The lowest BCUT2D eigenvalue weighted by atomic mass is 10.2. The molecular weight excluding hydrogens is 290 g/mol. The molecule has 0 N–H and O–H groups in total. The first-order chi connectivity index (χ1) is 11.3. The van der Waals surface area contributed by atoms with Gasteiger partial charge in [0.1, 0.15) is 12.4 Å². The van der Waals surface area contributed by atoms with Crippen molar-refractivity contribution in [3.05, 3.63) is 60.3 Å². The van der Waals surface area contributed by atoms with Crippen LogP contribution in [0.15, 0.2) is 54.7 Å². The van der Waals surface area contributed by atoms with Gasteiger partial charge in [-0.15, -0.1) is 0 Å². The van der Waals surface area contributed by atoms with E-state index in [0.29, 0.717) is 12.2 Å². The summed E-state index contributed by atoms with van der Waals surface area (Å²) in [6.07, 6.45) is 1.82. The molecule has 2 aromatic rings. The SMILES string of the molecule is O=C(OCCN1CCN(c2ccccn2)CC1)c1ccccc1. The van der Waals surface area contributed by atoms with Crippen LogP contribution in [0.1, 0.15) is 10.4 Å². The van der Waals surface area contributed by atoms with Crippen LogP contribution in [0.5, 0.6) is 0 Å². The summed E-state index contributed by atoms with van der Waals surface area (Å²) in [7, 11) is 0. The highest BCUT2D eigenvalue weighted by atomic mass is 16.5. The topological polar surface area (TPSA) is 45.7 Å². The largest absolute Gasteiger partial charge is 0.461 e. The van der Waals surface area contributed by atoms with Gasteiger partial charge < -0.3 is 9.64 Å². The number of hydrogen-bond acceptors (Lipinski definition) is 5. The first kappa shape index (κ1) is 15.5. The number of esters is 1. The average Bonchev–Trinajstić information content (AvgIpc) is 2.64. The molecule has 0 amide bonds. The molecule has 0 radical (unpaired) electrons. The van der Waals surface area contributed by atoms with E-state index in [9.17, 15) is 4.79 Å². The number of ether oxygens (including phenoxy) is 1. The van der Waals surface area contributed by atoms with Crippen LogP contribution in [0.3, 0.4) is 0 Å². The summed E-state index contributed by atoms with van der Waals surface area (Å²) in [5.74, 6) is 0.778. The van der Waals surface area contributed by atoms with E-state index in [2.05, 4.69) is 14.8 Å². The van der Waals surface area contributed by atoms with Gasteiger partial charge in [-0.3, -0.25) is 4.90 Å². The maximum atomic E-state index is 11.9. The van der Waals surface area contributed by atoms with Gasteiger partial charge in [-0.25, -0.2) is 9.78 Å². The van der Waals surface area contributed by atoms with Crippen molar-refractivity contribution >= 4 is 11.8 Å². The molecule has 1 aromatic heterocycles. The second-order valence-electron chi connectivity index (χ2n) is 5.52. The molecule has 0 bridgehead atoms. The van der Waals surface area contributed by atoms with Gasteiger partial charge >= 0.3 is 5.97 Å². The smallest absolute Gasteiger partial charge is 0.338 e. The number of anilines is 1. The third kappa shape index (κ3) is 4.29. The second-order valence-corrected chi connectivity index (χ2v) is 5.52. The number of nitrogens with zero attached hydrogens (tertiary/aromatic N) is 3. The molecule has 1 aromatic carbocycles. The highest BCUT2D eigenvalue weighted by molar-refractivity contribution is 5.89. The van der Waals surface area contributed by atoms with E-state index in [1.807, 2.05) is 42.6 Å².